The Bertz CT molecular complexity index is 320. The molecule has 2 amide bonds. The van der Waals surface area contributed by atoms with Crippen LogP contribution < -0.4 is 5.32 Å². The molecule has 110 valence electrons. The third-order valence-corrected chi connectivity index (χ3v) is 2.33. The lowest BCUT2D eigenvalue weighted by atomic mass is 10.3. The van der Waals surface area contributed by atoms with E-state index >= 15 is 0 Å². The Morgan fingerprint density at radius 3 is 2.37 bits per heavy atom. The Kier molecular flexibility index (Phi) is 8.27. The van der Waals surface area contributed by atoms with Gasteiger partial charge in [0.05, 0.1) is 13.7 Å². The van der Waals surface area contributed by atoms with Crippen molar-refractivity contribution in [2.75, 3.05) is 33.9 Å². The number of carboxylic acid groups (broad SMARTS) is 1. The fourth-order valence-corrected chi connectivity index (χ4v) is 1.31. The van der Waals surface area contributed by atoms with E-state index in [1.54, 1.807) is 0 Å². The van der Waals surface area contributed by atoms with Crippen molar-refractivity contribution in [1.29, 1.82) is 0 Å². The van der Waals surface area contributed by atoms with E-state index in [1.165, 1.54) is 19.1 Å². The van der Waals surface area contributed by atoms with Gasteiger partial charge in [0.2, 0.25) is 0 Å². The Morgan fingerprint density at radius 2 is 1.95 bits per heavy atom. The van der Waals surface area contributed by atoms with Crippen molar-refractivity contribution >= 4 is 18.0 Å². The van der Waals surface area contributed by atoms with Crippen LogP contribution in [0.15, 0.2) is 0 Å². The summed E-state index contributed by atoms with van der Waals surface area (Å²) in [6.45, 7) is 1.87. The Morgan fingerprint density at radius 1 is 1.32 bits per heavy atom. The van der Waals surface area contributed by atoms with Crippen LogP contribution in [-0.2, 0) is 19.1 Å². The normalized spacial score (nSPS) is 11.5. The van der Waals surface area contributed by atoms with Crippen molar-refractivity contribution in [2.45, 2.75) is 19.4 Å². The molecule has 8 heteroatoms. The van der Waals surface area contributed by atoms with Crippen LogP contribution in [0.1, 0.15) is 13.3 Å². The number of hydrogen-bond donors (Lipinski definition) is 2. The first-order valence-electron chi connectivity index (χ1n) is 5.81. The van der Waals surface area contributed by atoms with Crippen LogP contribution in [0, 0.1) is 0 Å². The maximum absolute atomic E-state index is 11.8. The van der Waals surface area contributed by atoms with Crippen LogP contribution in [0.25, 0.3) is 0 Å². The van der Waals surface area contributed by atoms with Crippen molar-refractivity contribution in [3.8, 4) is 0 Å². The van der Waals surface area contributed by atoms with Gasteiger partial charge in [-0.25, -0.2) is 9.59 Å². The smallest absolute Gasteiger partial charge is 0.334 e. The number of carbonyl (C=O) groups is 3. The molecule has 2 N–H and O–H groups in total. The van der Waals surface area contributed by atoms with E-state index in [-0.39, 0.29) is 13.1 Å². The molecule has 0 fully saturated rings. The summed E-state index contributed by atoms with van der Waals surface area (Å²) in [5.74, 6) is -1.71. The molecule has 0 saturated carbocycles. The van der Waals surface area contributed by atoms with Gasteiger partial charge in [-0.1, -0.05) is 6.92 Å². The van der Waals surface area contributed by atoms with Crippen LogP contribution in [0.3, 0.4) is 0 Å². The number of nitrogens with zero attached hydrogens (tertiary/aromatic N) is 1. The number of ether oxygens (including phenoxy) is 2. The molecule has 8 nitrogen and oxygen atoms in total. The molecule has 0 rings (SSSR count). The highest BCUT2D eigenvalue weighted by Gasteiger charge is 2.21. The molecule has 1 atom stereocenters. The van der Waals surface area contributed by atoms with E-state index in [2.05, 4.69) is 14.8 Å². The third-order valence-electron chi connectivity index (χ3n) is 2.33. The molecule has 19 heavy (non-hydrogen) atoms. The number of carbonyl (C=O) groups excluding carboxylic acids is 2. The standard InChI is InChI=1S/C11H20N2O6/c1-4-5-13(7-9(14)19-3)11(17)12-6-8(18-2)10(15)16/h8H,4-7H2,1-3H3,(H,12,17)(H,15,16). The fourth-order valence-electron chi connectivity index (χ4n) is 1.31. The predicted octanol–water partition coefficient (Wildman–Crippen LogP) is -0.319. The number of esters is 1. The lowest BCUT2D eigenvalue weighted by Crippen LogP contribution is -2.47. The molecule has 0 aromatic heterocycles. The Balaban J connectivity index is 4.39. The van der Waals surface area contributed by atoms with Crippen LogP contribution in [0.4, 0.5) is 4.79 Å². The van der Waals surface area contributed by atoms with Crippen LogP contribution in [0.2, 0.25) is 0 Å². The van der Waals surface area contributed by atoms with Crippen molar-refractivity contribution in [1.82, 2.24) is 10.2 Å². The molecule has 0 aliphatic carbocycles. The van der Waals surface area contributed by atoms with Crippen molar-refractivity contribution in [3.63, 3.8) is 0 Å². The highest BCUT2D eigenvalue weighted by molar-refractivity contribution is 5.81. The quantitative estimate of drug-likeness (QED) is 0.589. The summed E-state index contributed by atoms with van der Waals surface area (Å²) in [5, 5.41) is 11.2. The molecular formula is C11H20N2O6. The molecule has 0 aliphatic rings. The molecule has 0 heterocycles. The number of nitrogens with one attached hydrogen (secondary N) is 1. The van der Waals surface area contributed by atoms with Crippen LogP contribution in [0.5, 0.6) is 0 Å². The van der Waals surface area contributed by atoms with E-state index in [9.17, 15) is 14.4 Å². The molecule has 0 aromatic carbocycles. The van der Waals surface area contributed by atoms with Gasteiger partial charge < -0.3 is 24.8 Å². The number of hydrogen-bond acceptors (Lipinski definition) is 5. The van der Waals surface area contributed by atoms with Gasteiger partial charge in [0.15, 0.2) is 6.10 Å². The summed E-state index contributed by atoms with van der Waals surface area (Å²) in [5.41, 5.74) is 0. The Labute approximate surface area is 111 Å². The summed E-state index contributed by atoms with van der Waals surface area (Å²) in [4.78, 5) is 34.9. The van der Waals surface area contributed by atoms with Crippen molar-refractivity contribution in [3.05, 3.63) is 0 Å². The highest BCUT2D eigenvalue weighted by atomic mass is 16.5. The second-order valence-electron chi connectivity index (χ2n) is 3.75. The van der Waals surface area contributed by atoms with Gasteiger partial charge in [0.1, 0.15) is 6.54 Å². The summed E-state index contributed by atoms with van der Waals surface area (Å²) in [6.07, 6.45) is -0.456. The van der Waals surface area contributed by atoms with Crippen molar-refractivity contribution in [2.24, 2.45) is 0 Å². The largest absolute Gasteiger partial charge is 0.479 e. The number of urea groups is 1. The lowest BCUT2D eigenvalue weighted by molar-refractivity contribution is -0.148. The maximum atomic E-state index is 11.8. The number of methoxy groups -OCH3 is 2. The first-order chi connectivity index (χ1) is 8.96. The topological polar surface area (TPSA) is 105 Å². The summed E-state index contributed by atoms with van der Waals surface area (Å²) in [6, 6.07) is -0.532. The van der Waals surface area contributed by atoms with Gasteiger partial charge in [-0.05, 0) is 6.42 Å². The molecule has 1 unspecified atom stereocenters. The third kappa shape index (κ3) is 6.61. The lowest BCUT2D eigenvalue weighted by Gasteiger charge is -2.22. The van der Waals surface area contributed by atoms with E-state index < -0.39 is 24.1 Å². The minimum atomic E-state index is -1.17. The van der Waals surface area contributed by atoms with Gasteiger partial charge in [0, 0.05) is 13.7 Å². The van der Waals surface area contributed by atoms with E-state index in [1.807, 2.05) is 6.92 Å². The summed E-state index contributed by atoms with van der Waals surface area (Å²) < 4.78 is 9.16. The minimum Gasteiger partial charge on any atom is -0.479 e. The van der Waals surface area contributed by atoms with Gasteiger partial charge in [-0.3, -0.25) is 4.79 Å². The second-order valence-corrected chi connectivity index (χ2v) is 3.75. The fraction of sp³-hybridized carbons (Fsp3) is 0.727. The molecule has 0 aliphatic heterocycles. The zero-order valence-electron chi connectivity index (χ0n) is 11.3. The monoisotopic (exact) mass is 276 g/mol. The second kappa shape index (κ2) is 9.15. The highest BCUT2D eigenvalue weighted by Crippen LogP contribution is 1.95. The molecule has 0 saturated heterocycles. The number of amides is 2. The maximum Gasteiger partial charge on any atom is 0.334 e. The Hall–Kier alpha value is -1.83. The zero-order valence-corrected chi connectivity index (χ0v) is 11.3. The van der Waals surface area contributed by atoms with Gasteiger partial charge >= 0.3 is 18.0 Å². The van der Waals surface area contributed by atoms with Crippen molar-refractivity contribution < 1.29 is 29.0 Å². The number of rotatable bonds is 8. The van der Waals surface area contributed by atoms with E-state index in [0.717, 1.165) is 0 Å². The molecule has 0 aromatic rings. The van der Waals surface area contributed by atoms with Gasteiger partial charge in [-0.15, -0.1) is 0 Å². The average molecular weight is 276 g/mol. The first kappa shape index (κ1) is 17.2. The SMILES string of the molecule is CCCN(CC(=O)OC)C(=O)NCC(OC)C(=O)O. The molecule has 0 radical (unpaired) electrons. The average Bonchev–Trinajstić information content (AvgIpc) is 2.38. The molecule has 0 spiro atoms. The summed E-state index contributed by atoms with van der Waals surface area (Å²) >= 11 is 0. The predicted molar refractivity (Wildman–Crippen MR) is 65.7 cm³/mol. The number of aliphatic carboxylic acids is 1. The molecule has 0 bridgehead atoms. The van der Waals surface area contributed by atoms with E-state index in [0.29, 0.717) is 13.0 Å². The van der Waals surface area contributed by atoms with Crippen LogP contribution in [-0.4, -0.2) is 67.9 Å². The van der Waals surface area contributed by atoms with E-state index in [4.69, 9.17) is 5.11 Å². The summed E-state index contributed by atoms with van der Waals surface area (Å²) in [7, 11) is 2.47. The van der Waals surface area contributed by atoms with Gasteiger partial charge in [0.25, 0.3) is 0 Å². The number of carboxylic acids is 1. The zero-order chi connectivity index (χ0) is 14.8. The molecular weight excluding hydrogens is 256 g/mol. The van der Waals surface area contributed by atoms with Crippen LogP contribution >= 0.6 is 0 Å². The first-order valence-corrected chi connectivity index (χ1v) is 5.81. The van der Waals surface area contributed by atoms with Gasteiger partial charge in [-0.2, -0.15) is 0 Å². The minimum absolute atomic E-state index is 0.175.